The first-order valence-corrected chi connectivity index (χ1v) is 2.59. The van der Waals surface area contributed by atoms with E-state index in [0.29, 0.717) is 18.1 Å². The molecule has 8 heavy (non-hydrogen) atoms. The lowest BCUT2D eigenvalue weighted by Gasteiger charge is -2.16. The molecule has 0 bridgehead atoms. The fourth-order valence-electron chi connectivity index (χ4n) is 0.432. The molecule has 2 heteroatoms. The Bertz CT molecular complexity index is 68.6. The van der Waals surface area contributed by atoms with Crippen LogP contribution in [0.1, 0.15) is 0 Å². The van der Waals surface area contributed by atoms with Gasteiger partial charge >= 0.3 is 0 Å². The van der Waals surface area contributed by atoms with Gasteiger partial charge in [-0.05, 0) is 12.2 Å². The minimum absolute atomic E-state index is 0.676. The summed E-state index contributed by atoms with van der Waals surface area (Å²) in [5, 5.41) is 0.676. The summed E-state index contributed by atoms with van der Waals surface area (Å²) in [6.07, 6.45) is 3.46. The molecule has 0 radical (unpaired) electrons. The van der Waals surface area contributed by atoms with E-state index in [0.717, 1.165) is 0 Å². The SMILES string of the molecule is C=CC[NH+]([NH-])CC=C. The van der Waals surface area contributed by atoms with E-state index in [1.165, 1.54) is 0 Å². The van der Waals surface area contributed by atoms with Gasteiger partial charge in [0.15, 0.2) is 0 Å². The minimum atomic E-state index is 0.676. The number of nitrogens with one attached hydrogen (secondary N) is 2. The van der Waals surface area contributed by atoms with Gasteiger partial charge in [-0.2, -0.15) is 0 Å². The van der Waals surface area contributed by atoms with Crippen molar-refractivity contribution in [2.75, 3.05) is 13.1 Å². The molecular formula is C6H12N2. The van der Waals surface area contributed by atoms with E-state index in [1.54, 1.807) is 12.2 Å². The largest absolute Gasteiger partial charge is 0.469 e. The van der Waals surface area contributed by atoms with Gasteiger partial charge in [0.1, 0.15) is 0 Å². The molecule has 0 unspecified atom stereocenters. The first-order valence-electron chi connectivity index (χ1n) is 2.59. The highest BCUT2D eigenvalue weighted by Gasteiger charge is 1.83. The van der Waals surface area contributed by atoms with Crippen molar-refractivity contribution >= 4 is 0 Å². The summed E-state index contributed by atoms with van der Waals surface area (Å²) < 4.78 is 0. The Hall–Kier alpha value is -0.600. The first kappa shape index (κ1) is 7.40. The molecule has 0 amide bonds. The van der Waals surface area contributed by atoms with Gasteiger partial charge in [0.25, 0.3) is 0 Å². The molecule has 0 atom stereocenters. The van der Waals surface area contributed by atoms with Crippen LogP contribution in [0.2, 0.25) is 0 Å². The third-order valence-electron chi connectivity index (χ3n) is 0.781. The Kier molecular flexibility index (Phi) is 4.21. The lowest BCUT2D eigenvalue weighted by molar-refractivity contribution is -0.835. The highest BCUT2D eigenvalue weighted by molar-refractivity contribution is 4.67. The third-order valence-corrected chi connectivity index (χ3v) is 0.781. The molecule has 0 aliphatic heterocycles. The molecule has 0 aromatic carbocycles. The van der Waals surface area contributed by atoms with Gasteiger partial charge in [0.2, 0.25) is 0 Å². The standard InChI is InChI=1S/C6H12N2/c1-3-5-8(7)6-4-2/h3-4,7-8H,1-2,5-6H2. The van der Waals surface area contributed by atoms with E-state index < -0.39 is 0 Å². The van der Waals surface area contributed by atoms with Crippen molar-refractivity contribution < 1.29 is 5.01 Å². The second-order valence-electron chi connectivity index (χ2n) is 1.59. The second-order valence-corrected chi connectivity index (χ2v) is 1.59. The summed E-state index contributed by atoms with van der Waals surface area (Å²) in [4.78, 5) is 0. The molecule has 0 aliphatic rings. The predicted octanol–water partition coefficient (Wildman–Crippen LogP) is 0.210. The van der Waals surface area contributed by atoms with Gasteiger partial charge in [-0.1, -0.05) is 13.2 Å². The van der Waals surface area contributed by atoms with E-state index in [1.807, 2.05) is 0 Å². The number of hydrogen-bond donors (Lipinski definition) is 1. The van der Waals surface area contributed by atoms with Crippen LogP contribution in [0.3, 0.4) is 0 Å². The average molecular weight is 112 g/mol. The monoisotopic (exact) mass is 112 g/mol. The average Bonchev–Trinajstić information content (AvgIpc) is 1.68. The van der Waals surface area contributed by atoms with Crippen molar-refractivity contribution in [2.24, 2.45) is 0 Å². The molecule has 2 N–H and O–H groups in total. The Balaban J connectivity index is 3.16. The lowest BCUT2D eigenvalue weighted by atomic mass is 10.5. The van der Waals surface area contributed by atoms with E-state index in [9.17, 15) is 0 Å². The van der Waals surface area contributed by atoms with Gasteiger partial charge in [0.05, 0.1) is 13.1 Å². The molecular weight excluding hydrogens is 100 g/mol. The van der Waals surface area contributed by atoms with Crippen LogP contribution >= 0.6 is 0 Å². The Morgan fingerprint density at radius 2 is 1.62 bits per heavy atom. The Morgan fingerprint density at radius 1 is 1.25 bits per heavy atom. The van der Waals surface area contributed by atoms with Crippen LogP contribution < -0.4 is 5.01 Å². The Labute approximate surface area is 50.3 Å². The van der Waals surface area contributed by atoms with Crippen molar-refractivity contribution in [1.29, 1.82) is 0 Å². The summed E-state index contributed by atoms with van der Waals surface area (Å²) in [6.45, 7) is 8.39. The topological polar surface area (TPSA) is 28.2 Å². The van der Waals surface area contributed by atoms with Gasteiger partial charge in [0, 0.05) is 0 Å². The number of quaternary nitrogens is 1. The summed E-state index contributed by atoms with van der Waals surface area (Å²) in [6, 6.07) is 0. The molecule has 0 saturated carbocycles. The predicted molar refractivity (Wildman–Crippen MR) is 35.4 cm³/mol. The number of rotatable bonds is 4. The van der Waals surface area contributed by atoms with E-state index in [-0.39, 0.29) is 0 Å². The van der Waals surface area contributed by atoms with Crippen LogP contribution in [-0.2, 0) is 0 Å². The zero-order valence-electron chi connectivity index (χ0n) is 4.98. The van der Waals surface area contributed by atoms with E-state index in [4.69, 9.17) is 5.84 Å². The van der Waals surface area contributed by atoms with Crippen LogP contribution in [0.5, 0.6) is 0 Å². The zero-order valence-corrected chi connectivity index (χ0v) is 4.98. The second kappa shape index (κ2) is 4.56. The molecule has 0 spiro atoms. The molecule has 0 rings (SSSR count). The fraction of sp³-hybridized carbons (Fsp3) is 0.333. The minimum Gasteiger partial charge on any atom is -0.469 e. The van der Waals surface area contributed by atoms with E-state index >= 15 is 0 Å². The Morgan fingerprint density at radius 3 is 1.88 bits per heavy atom. The molecule has 0 fully saturated rings. The quantitative estimate of drug-likeness (QED) is 0.398. The van der Waals surface area contributed by atoms with Gasteiger partial charge < -0.3 is 10.9 Å². The van der Waals surface area contributed by atoms with Gasteiger partial charge in [-0.25, -0.2) is 0 Å². The highest BCUT2D eigenvalue weighted by Crippen LogP contribution is 1.54. The molecule has 0 saturated heterocycles. The fourth-order valence-corrected chi connectivity index (χ4v) is 0.432. The van der Waals surface area contributed by atoms with Crippen molar-refractivity contribution in [3.05, 3.63) is 31.2 Å². The molecule has 0 aromatic rings. The molecule has 0 heterocycles. The lowest BCUT2D eigenvalue weighted by Crippen LogP contribution is -3.04. The smallest absolute Gasteiger partial charge is 0.0868 e. The van der Waals surface area contributed by atoms with Crippen LogP contribution in [0, 0.1) is 0 Å². The first-order chi connectivity index (χ1) is 3.81. The van der Waals surface area contributed by atoms with Crippen molar-refractivity contribution in [3.8, 4) is 0 Å². The molecule has 2 nitrogen and oxygen atoms in total. The summed E-state index contributed by atoms with van der Waals surface area (Å²) in [7, 11) is 0. The molecule has 0 aliphatic carbocycles. The van der Waals surface area contributed by atoms with Crippen LogP contribution in [0.15, 0.2) is 25.3 Å². The summed E-state index contributed by atoms with van der Waals surface area (Å²) in [5.74, 6) is 7.15. The maximum atomic E-state index is 7.15. The van der Waals surface area contributed by atoms with Crippen molar-refractivity contribution in [3.63, 3.8) is 0 Å². The molecule has 46 valence electrons. The van der Waals surface area contributed by atoms with Crippen LogP contribution in [-0.4, -0.2) is 13.1 Å². The highest BCUT2D eigenvalue weighted by atomic mass is 15.4. The third kappa shape index (κ3) is 3.59. The maximum Gasteiger partial charge on any atom is 0.0868 e. The number of hydrogen-bond acceptors (Lipinski definition) is 0. The maximum absolute atomic E-state index is 7.15. The van der Waals surface area contributed by atoms with Crippen LogP contribution in [0.4, 0.5) is 0 Å². The van der Waals surface area contributed by atoms with E-state index in [2.05, 4.69) is 13.2 Å². The van der Waals surface area contributed by atoms with Gasteiger partial charge in [-0.3, -0.25) is 0 Å². The van der Waals surface area contributed by atoms with Crippen molar-refractivity contribution in [1.82, 2.24) is 0 Å². The van der Waals surface area contributed by atoms with Gasteiger partial charge in [-0.15, -0.1) is 0 Å². The van der Waals surface area contributed by atoms with Crippen molar-refractivity contribution in [2.45, 2.75) is 0 Å². The summed E-state index contributed by atoms with van der Waals surface area (Å²) in [5.41, 5.74) is 0. The molecule has 0 aromatic heterocycles. The van der Waals surface area contributed by atoms with Crippen LogP contribution in [0.25, 0.3) is 5.84 Å². The summed E-state index contributed by atoms with van der Waals surface area (Å²) >= 11 is 0. The zero-order chi connectivity index (χ0) is 6.41. The normalized spacial score (nSPS) is 9.25.